The highest BCUT2D eigenvalue weighted by molar-refractivity contribution is 5.99. The van der Waals surface area contributed by atoms with Gasteiger partial charge in [-0.3, -0.25) is 14.5 Å². The maximum absolute atomic E-state index is 13.9. The Kier molecular flexibility index (Phi) is 8.33. The van der Waals surface area contributed by atoms with Crippen LogP contribution in [0, 0.1) is 12.8 Å². The molecule has 5 rings (SSSR count). The van der Waals surface area contributed by atoms with Crippen LogP contribution in [0.3, 0.4) is 0 Å². The topological polar surface area (TPSA) is 79.4 Å². The highest BCUT2D eigenvalue weighted by atomic mass is 16.5. The van der Waals surface area contributed by atoms with Gasteiger partial charge in [-0.25, -0.2) is 4.79 Å². The predicted octanol–water partition coefficient (Wildman–Crippen LogP) is 4.39. The molecule has 1 aliphatic carbocycles. The lowest BCUT2D eigenvalue weighted by Gasteiger charge is -2.50. The zero-order valence-corrected chi connectivity index (χ0v) is 23.2. The summed E-state index contributed by atoms with van der Waals surface area (Å²) in [5.74, 6) is -0.501. The smallest absolute Gasteiger partial charge is 0.327 e. The fourth-order valence-electron chi connectivity index (χ4n) is 6.25. The lowest BCUT2D eigenvalue weighted by Crippen LogP contribution is -2.64. The summed E-state index contributed by atoms with van der Waals surface area (Å²) in [6, 6.07) is 14.9. The molecule has 3 aliphatic rings. The van der Waals surface area contributed by atoms with E-state index in [0.717, 1.165) is 42.6 Å². The SMILES string of the molecule is COC1CC2C(=O)N(Cc3ccc(C(=O)N4CCCCC4)cc3)C(=O)N(Cc3ccc(C)cc3)C2CC1OC. The number of likely N-dealkylation sites (tertiary alicyclic amines) is 1. The van der Waals surface area contributed by atoms with Crippen molar-refractivity contribution in [2.75, 3.05) is 27.3 Å². The van der Waals surface area contributed by atoms with E-state index in [1.807, 2.05) is 65.3 Å². The Hall–Kier alpha value is -3.23. The number of aryl methyl sites for hydroxylation is 1. The van der Waals surface area contributed by atoms with Crippen molar-refractivity contribution in [3.63, 3.8) is 0 Å². The number of fused-ring (bicyclic) bond motifs is 1. The zero-order valence-electron chi connectivity index (χ0n) is 23.2. The van der Waals surface area contributed by atoms with Gasteiger partial charge in [0.05, 0.1) is 24.7 Å². The number of piperidine rings is 1. The van der Waals surface area contributed by atoms with Crippen LogP contribution in [-0.2, 0) is 27.4 Å². The van der Waals surface area contributed by atoms with Gasteiger partial charge in [-0.15, -0.1) is 0 Å². The highest BCUT2D eigenvalue weighted by Crippen LogP contribution is 2.38. The van der Waals surface area contributed by atoms with Crippen molar-refractivity contribution >= 4 is 17.8 Å². The maximum atomic E-state index is 13.9. The fourth-order valence-corrected chi connectivity index (χ4v) is 6.25. The Bertz CT molecular complexity index is 1180. The lowest BCUT2D eigenvalue weighted by atomic mass is 9.77. The van der Waals surface area contributed by atoms with E-state index in [-0.39, 0.29) is 48.6 Å². The number of amides is 4. The summed E-state index contributed by atoms with van der Waals surface area (Å²) < 4.78 is 11.4. The van der Waals surface area contributed by atoms with Crippen molar-refractivity contribution in [1.82, 2.24) is 14.7 Å². The van der Waals surface area contributed by atoms with Crippen LogP contribution in [0.4, 0.5) is 4.79 Å². The Morgan fingerprint density at radius 1 is 0.821 bits per heavy atom. The van der Waals surface area contributed by atoms with Crippen LogP contribution in [0.15, 0.2) is 48.5 Å². The van der Waals surface area contributed by atoms with Crippen molar-refractivity contribution in [3.8, 4) is 0 Å². The Morgan fingerprint density at radius 3 is 2.05 bits per heavy atom. The van der Waals surface area contributed by atoms with E-state index < -0.39 is 0 Å². The van der Waals surface area contributed by atoms with E-state index in [1.54, 1.807) is 14.2 Å². The summed E-state index contributed by atoms with van der Waals surface area (Å²) in [6.07, 6.45) is 3.89. The molecule has 8 nitrogen and oxygen atoms in total. The molecule has 1 saturated carbocycles. The van der Waals surface area contributed by atoms with Gasteiger partial charge in [0, 0.05) is 45.5 Å². The monoisotopic (exact) mass is 533 g/mol. The van der Waals surface area contributed by atoms with Crippen LogP contribution >= 0.6 is 0 Å². The third-order valence-electron chi connectivity index (χ3n) is 8.56. The predicted molar refractivity (Wildman–Crippen MR) is 147 cm³/mol. The fraction of sp³-hybridized carbons (Fsp3) is 0.516. The number of carbonyl (C=O) groups excluding carboxylic acids is 3. The number of rotatable bonds is 7. The maximum Gasteiger partial charge on any atom is 0.327 e. The summed E-state index contributed by atoms with van der Waals surface area (Å²) in [6.45, 7) is 4.20. The van der Waals surface area contributed by atoms with E-state index in [4.69, 9.17) is 9.47 Å². The number of urea groups is 1. The number of benzene rings is 2. The first kappa shape index (κ1) is 27.3. The lowest BCUT2D eigenvalue weighted by molar-refractivity contribution is -0.152. The summed E-state index contributed by atoms with van der Waals surface area (Å²) in [5.41, 5.74) is 3.62. The van der Waals surface area contributed by atoms with E-state index >= 15 is 0 Å². The molecule has 0 bridgehead atoms. The van der Waals surface area contributed by atoms with E-state index in [9.17, 15) is 14.4 Å². The first-order chi connectivity index (χ1) is 18.9. The van der Waals surface area contributed by atoms with Gasteiger partial charge in [-0.1, -0.05) is 42.0 Å². The van der Waals surface area contributed by atoms with Gasteiger partial charge in [-0.2, -0.15) is 0 Å². The minimum atomic E-state index is -0.371. The molecule has 2 heterocycles. The number of carbonyl (C=O) groups is 3. The first-order valence-corrected chi connectivity index (χ1v) is 14.0. The van der Waals surface area contributed by atoms with Crippen LogP contribution in [0.1, 0.15) is 59.2 Å². The molecule has 0 spiro atoms. The number of methoxy groups -OCH3 is 2. The van der Waals surface area contributed by atoms with E-state index in [2.05, 4.69) is 0 Å². The molecule has 3 fully saturated rings. The Morgan fingerprint density at radius 2 is 1.41 bits per heavy atom. The molecule has 39 heavy (non-hydrogen) atoms. The van der Waals surface area contributed by atoms with Gasteiger partial charge in [-0.05, 0) is 62.3 Å². The molecular formula is C31H39N3O5. The quantitative estimate of drug-likeness (QED) is 0.527. The number of hydrogen-bond acceptors (Lipinski definition) is 5. The Labute approximate surface area is 230 Å². The molecule has 4 unspecified atom stereocenters. The molecule has 2 aliphatic heterocycles. The standard InChI is InChI=1S/C31H39N3O5/c1-21-7-9-22(10-8-21)19-33-26-18-28(39-3)27(38-2)17-25(26)30(36)34(31(33)37)20-23-11-13-24(14-12-23)29(35)32-15-5-4-6-16-32/h7-14,25-28H,4-6,15-20H2,1-3H3. The van der Waals surface area contributed by atoms with Crippen molar-refractivity contribution in [1.29, 1.82) is 0 Å². The third-order valence-corrected chi connectivity index (χ3v) is 8.56. The van der Waals surface area contributed by atoms with Gasteiger partial charge < -0.3 is 19.3 Å². The number of imide groups is 1. The summed E-state index contributed by atoms with van der Waals surface area (Å²) >= 11 is 0. The van der Waals surface area contributed by atoms with Crippen molar-refractivity contribution in [2.45, 2.75) is 70.4 Å². The van der Waals surface area contributed by atoms with Crippen molar-refractivity contribution < 1.29 is 23.9 Å². The van der Waals surface area contributed by atoms with Gasteiger partial charge in [0.25, 0.3) is 5.91 Å². The van der Waals surface area contributed by atoms with E-state index in [1.165, 1.54) is 11.3 Å². The molecule has 4 amide bonds. The van der Waals surface area contributed by atoms with Gasteiger partial charge in [0.2, 0.25) is 5.91 Å². The number of hydrogen-bond donors (Lipinski definition) is 0. The van der Waals surface area contributed by atoms with Crippen LogP contribution in [0.2, 0.25) is 0 Å². The molecule has 4 atom stereocenters. The van der Waals surface area contributed by atoms with Gasteiger partial charge in [0.1, 0.15) is 0 Å². The largest absolute Gasteiger partial charge is 0.379 e. The van der Waals surface area contributed by atoms with Crippen LogP contribution in [0.25, 0.3) is 0 Å². The number of nitrogens with zero attached hydrogens (tertiary/aromatic N) is 3. The van der Waals surface area contributed by atoms with Crippen molar-refractivity contribution in [2.24, 2.45) is 5.92 Å². The van der Waals surface area contributed by atoms with Crippen LogP contribution < -0.4 is 0 Å². The molecule has 0 N–H and O–H groups in total. The minimum Gasteiger partial charge on any atom is -0.379 e. The molecule has 2 aromatic carbocycles. The summed E-state index contributed by atoms with van der Waals surface area (Å²) in [4.78, 5) is 45.7. The molecule has 0 aromatic heterocycles. The third kappa shape index (κ3) is 5.72. The second-order valence-corrected chi connectivity index (χ2v) is 11.1. The Balaban J connectivity index is 1.38. The first-order valence-electron chi connectivity index (χ1n) is 14.0. The highest BCUT2D eigenvalue weighted by Gasteiger charge is 2.51. The van der Waals surface area contributed by atoms with Crippen LogP contribution in [0.5, 0.6) is 0 Å². The second kappa shape index (κ2) is 11.9. The van der Waals surface area contributed by atoms with Crippen LogP contribution in [-0.4, -0.2) is 78.1 Å². The zero-order chi connectivity index (χ0) is 27.5. The molecular weight excluding hydrogens is 494 g/mol. The average Bonchev–Trinajstić information content (AvgIpc) is 2.98. The molecule has 2 saturated heterocycles. The minimum absolute atomic E-state index is 0.0407. The van der Waals surface area contributed by atoms with E-state index in [0.29, 0.717) is 24.9 Å². The normalized spacial score (nSPS) is 25.6. The summed E-state index contributed by atoms with van der Waals surface area (Å²) in [7, 11) is 3.30. The number of ether oxygens (including phenoxy) is 2. The average molecular weight is 534 g/mol. The summed E-state index contributed by atoms with van der Waals surface area (Å²) in [5, 5.41) is 0. The van der Waals surface area contributed by atoms with Gasteiger partial charge in [0.15, 0.2) is 0 Å². The molecule has 2 aromatic rings. The molecule has 8 heteroatoms. The van der Waals surface area contributed by atoms with Gasteiger partial charge >= 0.3 is 6.03 Å². The van der Waals surface area contributed by atoms with Crippen molar-refractivity contribution in [3.05, 3.63) is 70.8 Å². The molecule has 208 valence electrons. The molecule has 0 radical (unpaired) electrons. The second-order valence-electron chi connectivity index (χ2n) is 11.1.